The Morgan fingerprint density at radius 3 is 2.35 bits per heavy atom. The maximum Gasteiger partial charge on any atom is 0.411 e. The van der Waals surface area contributed by atoms with E-state index >= 15 is 0 Å². The maximum absolute atomic E-state index is 11.6. The van der Waals surface area contributed by atoms with E-state index in [0.29, 0.717) is 18.9 Å². The highest BCUT2D eigenvalue weighted by molar-refractivity contribution is 5.84. The average Bonchev–Trinajstić information content (AvgIpc) is 2.57. The van der Waals surface area contributed by atoms with Crippen molar-refractivity contribution < 1.29 is 14.3 Å². The molecule has 0 atom stereocenters. The molecule has 23 heavy (non-hydrogen) atoms. The highest BCUT2D eigenvalue weighted by atomic mass is 16.5. The molecule has 0 saturated carbocycles. The van der Waals surface area contributed by atoms with Crippen molar-refractivity contribution in [2.45, 2.75) is 40.0 Å². The molecule has 0 radical (unpaired) electrons. The van der Waals surface area contributed by atoms with Crippen LogP contribution in [0.3, 0.4) is 0 Å². The van der Waals surface area contributed by atoms with Crippen LogP contribution in [-0.4, -0.2) is 43.8 Å². The van der Waals surface area contributed by atoms with Crippen molar-refractivity contribution in [1.82, 2.24) is 4.90 Å². The maximum atomic E-state index is 11.6. The van der Waals surface area contributed by atoms with Gasteiger partial charge in [-0.2, -0.15) is 0 Å². The van der Waals surface area contributed by atoms with Gasteiger partial charge in [-0.15, -0.1) is 0 Å². The minimum Gasteiger partial charge on any atom is -0.492 e. The molecule has 0 aromatic heterocycles. The molecule has 0 heterocycles. The van der Waals surface area contributed by atoms with Gasteiger partial charge in [-0.3, -0.25) is 5.32 Å². The van der Waals surface area contributed by atoms with E-state index in [1.807, 2.05) is 24.3 Å². The SMILES string of the molecule is CCCCCOC(=O)Nc1ccc(OCCN(CC)CC)cc1. The number of anilines is 1. The Balaban J connectivity index is 2.28. The number of hydrogen-bond acceptors (Lipinski definition) is 4. The molecular weight excluding hydrogens is 292 g/mol. The van der Waals surface area contributed by atoms with Crippen molar-refractivity contribution in [1.29, 1.82) is 0 Å². The number of benzene rings is 1. The zero-order valence-electron chi connectivity index (χ0n) is 14.6. The lowest BCUT2D eigenvalue weighted by Crippen LogP contribution is -2.27. The van der Waals surface area contributed by atoms with E-state index in [9.17, 15) is 4.79 Å². The summed E-state index contributed by atoms with van der Waals surface area (Å²) in [6, 6.07) is 7.35. The summed E-state index contributed by atoms with van der Waals surface area (Å²) in [6.07, 6.45) is 2.69. The second-order valence-electron chi connectivity index (χ2n) is 5.37. The summed E-state index contributed by atoms with van der Waals surface area (Å²) in [6.45, 7) is 10.5. The molecule has 0 aliphatic rings. The Labute approximate surface area is 140 Å². The molecule has 1 aromatic rings. The van der Waals surface area contributed by atoms with Crippen molar-refractivity contribution in [3.05, 3.63) is 24.3 Å². The topological polar surface area (TPSA) is 50.8 Å². The summed E-state index contributed by atoms with van der Waals surface area (Å²) < 4.78 is 10.8. The molecule has 130 valence electrons. The Kier molecular flexibility index (Phi) is 9.87. The van der Waals surface area contributed by atoms with Gasteiger partial charge in [0.05, 0.1) is 6.61 Å². The zero-order chi connectivity index (χ0) is 16.9. The van der Waals surface area contributed by atoms with Gasteiger partial charge in [0.25, 0.3) is 0 Å². The van der Waals surface area contributed by atoms with Gasteiger partial charge in [0.15, 0.2) is 0 Å². The number of ether oxygens (including phenoxy) is 2. The second kappa shape index (κ2) is 11.8. The Hall–Kier alpha value is -1.75. The molecule has 0 bridgehead atoms. The van der Waals surface area contributed by atoms with Gasteiger partial charge in [0.1, 0.15) is 12.4 Å². The van der Waals surface area contributed by atoms with Gasteiger partial charge in [0, 0.05) is 12.2 Å². The third-order valence-electron chi connectivity index (χ3n) is 3.65. The van der Waals surface area contributed by atoms with Crippen LogP contribution in [0.5, 0.6) is 5.75 Å². The lowest BCUT2D eigenvalue weighted by atomic mass is 10.3. The van der Waals surface area contributed by atoms with Crippen LogP contribution in [0.2, 0.25) is 0 Å². The lowest BCUT2D eigenvalue weighted by molar-refractivity contribution is 0.159. The Morgan fingerprint density at radius 2 is 1.74 bits per heavy atom. The van der Waals surface area contributed by atoms with E-state index in [0.717, 1.165) is 44.6 Å². The highest BCUT2D eigenvalue weighted by Gasteiger charge is 2.04. The third-order valence-corrected chi connectivity index (χ3v) is 3.65. The van der Waals surface area contributed by atoms with Crippen LogP contribution in [0.15, 0.2) is 24.3 Å². The van der Waals surface area contributed by atoms with Gasteiger partial charge in [-0.05, 0) is 43.8 Å². The number of nitrogens with one attached hydrogen (secondary N) is 1. The number of rotatable bonds is 11. The van der Waals surface area contributed by atoms with E-state index in [2.05, 4.69) is 31.0 Å². The molecule has 5 heteroatoms. The average molecular weight is 322 g/mol. The van der Waals surface area contributed by atoms with Gasteiger partial charge < -0.3 is 14.4 Å². The summed E-state index contributed by atoms with van der Waals surface area (Å²) in [5.74, 6) is 0.805. The minimum atomic E-state index is -0.406. The predicted molar refractivity (Wildman–Crippen MR) is 94.2 cm³/mol. The zero-order valence-corrected chi connectivity index (χ0v) is 14.6. The Morgan fingerprint density at radius 1 is 1.04 bits per heavy atom. The van der Waals surface area contributed by atoms with Crippen LogP contribution < -0.4 is 10.1 Å². The van der Waals surface area contributed by atoms with Crippen LogP contribution in [0, 0.1) is 0 Å². The number of hydrogen-bond donors (Lipinski definition) is 1. The molecule has 1 aromatic carbocycles. The fraction of sp³-hybridized carbons (Fsp3) is 0.611. The van der Waals surface area contributed by atoms with Crippen LogP contribution in [0.4, 0.5) is 10.5 Å². The van der Waals surface area contributed by atoms with Crippen LogP contribution in [-0.2, 0) is 4.74 Å². The second-order valence-corrected chi connectivity index (χ2v) is 5.37. The summed E-state index contributed by atoms with van der Waals surface area (Å²) >= 11 is 0. The van der Waals surface area contributed by atoms with E-state index in [1.165, 1.54) is 0 Å². The van der Waals surface area contributed by atoms with Gasteiger partial charge in [-0.25, -0.2) is 4.79 Å². The summed E-state index contributed by atoms with van der Waals surface area (Å²) in [5, 5.41) is 2.71. The van der Waals surface area contributed by atoms with Gasteiger partial charge in [0.2, 0.25) is 0 Å². The van der Waals surface area contributed by atoms with E-state index < -0.39 is 6.09 Å². The van der Waals surface area contributed by atoms with Crippen LogP contribution in [0.25, 0.3) is 0 Å². The highest BCUT2D eigenvalue weighted by Crippen LogP contribution is 2.16. The Bertz CT molecular complexity index is 430. The van der Waals surface area contributed by atoms with E-state index in [1.54, 1.807) is 0 Å². The van der Waals surface area contributed by atoms with Crippen molar-refractivity contribution in [2.24, 2.45) is 0 Å². The number of nitrogens with zero attached hydrogens (tertiary/aromatic N) is 1. The smallest absolute Gasteiger partial charge is 0.411 e. The first-order valence-electron chi connectivity index (χ1n) is 8.58. The number of amides is 1. The van der Waals surface area contributed by atoms with Crippen molar-refractivity contribution in [3.8, 4) is 5.75 Å². The van der Waals surface area contributed by atoms with E-state index in [4.69, 9.17) is 9.47 Å². The molecule has 0 saturated heterocycles. The molecule has 0 aliphatic carbocycles. The normalized spacial score (nSPS) is 10.6. The lowest BCUT2D eigenvalue weighted by Gasteiger charge is -2.18. The summed E-state index contributed by atoms with van der Waals surface area (Å²) in [4.78, 5) is 13.9. The minimum absolute atomic E-state index is 0.406. The van der Waals surface area contributed by atoms with Crippen molar-refractivity contribution >= 4 is 11.8 Å². The standard InChI is InChI=1S/C18H30N2O3/c1-4-7-8-14-23-18(21)19-16-9-11-17(12-10-16)22-15-13-20(5-2)6-3/h9-12H,4-8,13-15H2,1-3H3,(H,19,21). The number of likely N-dealkylation sites (N-methyl/N-ethyl adjacent to an activating group) is 1. The van der Waals surface area contributed by atoms with Crippen LogP contribution in [0.1, 0.15) is 40.0 Å². The van der Waals surface area contributed by atoms with Gasteiger partial charge >= 0.3 is 6.09 Å². The molecule has 5 nitrogen and oxygen atoms in total. The molecule has 0 spiro atoms. The molecule has 0 fully saturated rings. The van der Waals surface area contributed by atoms with Crippen molar-refractivity contribution in [2.75, 3.05) is 38.2 Å². The molecule has 0 unspecified atom stereocenters. The molecule has 1 amide bonds. The number of carbonyl (C=O) groups is 1. The predicted octanol–water partition coefficient (Wildman–Crippen LogP) is 4.15. The molecule has 1 rings (SSSR count). The first-order valence-corrected chi connectivity index (χ1v) is 8.58. The monoisotopic (exact) mass is 322 g/mol. The third kappa shape index (κ3) is 8.45. The molecule has 0 aliphatic heterocycles. The molecular formula is C18H30N2O3. The largest absolute Gasteiger partial charge is 0.492 e. The first kappa shape index (κ1) is 19.3. The summed E-state index contributed by atoms with van der Waals surface area (Å²) in [5.41, 5.74) is 0.710. The van der Waals surface area contributed by atoms with E-state index in [-0.39, 0.29) is 0 Å². The molecule has 1 N–H and O–H groups in total. The van der Waals surface area contributed by atoms with Gasteiger partial charge in [-0.1, -0.05) is 33.6 Å². The van der Waals surface area contributed by atoms with Crippen molar-refractivity contribution in [3.63, 3.8) is 0 Å². The van der Waals surface area contributed by atoms with Crippen LogP contribution >= 0.6 is 0 Å². The number of carbonyl (C=O) groups excluding carboxylic acids is 1. The number of unbranched alkanes of at least 4 members (excludes halogenated alkanes) is 2. The fourth-order valence-corrected chi connectivity index (χ4v) is 2.14. The first-order chi connectivity index (χ1) is 11.2. The quantitative estimate of drug-likeness (QED) is 0.622. The summed E-state index contributed by atoms with van der Waals surface area (Å²) in [7, 11) is 0. The fourth-order valence-electron chi connectivity index (χ4n) is 2.14.